The Bertz CT molecular complexity index is 587. The molecular weight excluding hydrogens is 248 g/mol. The van der Waals surface area contributed by atoms with Gasteiger partial charge in [0.25, 0.3) is 0 Å². The lowest BCUT2D eigenvalue weighted by Gasteiger charge is -2.26. The van der Waals surface area contributed by atoms with Gasteiger partial charge in [-0.15, -0.1) is 0 Å². The van der Waals surface area contributed by atoms with Gasteiger partial charge in [-0.3, -0.25) is 4.79 Å². The fourth-order valence-corrected chi connectivity index (χ4v) is 2.81. The van der Waals surface area contributed by atoms with Gasteiger partial charge in [0, 0.05) is 25.8 Å². The van der Waals surface area contributed by atoms with Crippen LogP contribution in [0.25, 0.3) is 0 Å². The van der Waals surface area contributed by atoms with Crippen molar-refractivity contribution >= 4 is 5.91 Å². The lowest BCUT2D eigenvalue weighted by Crippen LogP contribution is -2.26. The fraction of sp³-hybridized carbons (Fsp3) is 0.353. The number of nitrogens with zero attached hydrogens (tertiary/aromatic N) is 1. The Balaban J connectivity index is 1.73. The van der Waals surface area contributed by atoms with Gasteiger partial charge in [0.15, 0.2) is 0 Å². The van der Waals surface area contributed by atoms with Crippen LogP contribution in [0.5, 0.6) is 0 Å². The second-order valence-electron chi connectivity index (χ2n) is 5.39. The van der Waals surface area contributed by atoms with E-state index < -0.39 is 0 Å². The van der Waals surface area contributed by atoms with Crippen molar-refractivity contribution in [2.45, 2.75) is 19.3 Å². The van der Waals surface area contributed by atoms with Crippen LogP contribution in [-0.2, 0) is 24.1 Å². The second-order valence-corrected chi connectivity index (χ2v) is 5.39. The summed E-state index contributed by atoms with van der Waals surface area (Å²) in [4.78, 5) is 13.9. The van der Waals surface area contributed by atoms with E-state index in [1.54, 1.807) is 7.05 Å². The standard InChI is InChI=1S/C17H20N2O/c1-18-17(20)12-13-5-6-14-7-9-19(16-3-2-4-16)10-8-15(14)11-13/h2-6,11H,7-10,12H2,1H3,(H,18,20). The van der Waals surface area contributed by atoms with E-state index >= 15 is 0 Å². The quantitative estimate of drug-likeness (QED) is 0.907. The maximum atomic E-state index is 11.5. The van der Waals surface area contributed by atoms with E-state index in [0.717, 1.165) is 31.5 Å². The van der Waals surface area contributed by atoms with Crippen LogP contribution >= 0.6 is 0 Å². The Morgan fingerprint density at radius 3 is 2.65 bits per heavy atom. The zero-order chi connectivity index (χ0) is 13.9. The van der Waals surface area contributed by atoms with Crippen LogP contribution in [0.15, 0.2) is 42.1 Å². The fourth-order valence-electron chi connectivity index (χ4n) is 2.81. The summed E-state index contributed by atoms with van der Waals surface area (Å²) < 4.78 is 0. The highest BCUT2D eigenvalue weighted by Crippen LogP contribution is 2.22. The number of carbonyl (C=O) groups excluding carboxylic acids is 1. The molecule has 1 amide bonds. The minimum atomic E-state index is 0.0740. The Morgan fingerprint density at radius 2 is 2.00 bits per heavy atom. The van der Waals surface area contributed by atoms with Crippen LogP contribution in [0.1, 0.15) is 16.7 Å². The summed E-state index contributed by atoms with van der Waals surface area (Å²) in [6.07, 6.45) is 9.05. The summed E-state index contributed by atoms with van der Waals surface area (Å²) >= 11 is 0. The van der Waals surface area contributed by atoms with Gasteiger partial charge in [-0.2, -0.15) is 0 Å². The number of hydrogen-bond acceptors (Lipinski definition) is 2. The largest absolute Gasteiger partial charge is 0.371 e. The molecule has 20 heavy (non-hydrogen) atoms. The number of nitrogens with one attached hydrogen (secondary N) is 1. The van der Waals surface area contributed by atoms with Crippen molar-refractivity contribution < 1.29 is 4.79 Å². The molecule has 3 rings (SSSR count). The van der Waals surface area contributed by atoms with Crippen molar-refractivity contribution in [3.63, 3.8) is 0 Å². The van der Waals surface area contributed by atoms with Crippen molar-refractivity contribution in [1.29, 1.82) is 0 Å². The van der Waals surface area contributed by atoms with Gasteiger partial charge in [0.2, 0.25) is 5.91 Å². The molecule has 1 aliphatic heterocycles. The number of benzene rings is 1. The minimum Gasteiger partial charge on any atom is -0.371 e. The first kappa shape index (κ1) is 13.0. The maximum Gasteiger partial charge on any atom is 0.224 e. The molecule has 0 bridgehead atoms. The smallest absolute Gasteiger partial charge is 0.224 e. The molecule has 1 heterocycles. The third kappa shape index (κ3) is 2.62. The third-order valence-corrected chi connectivity index (χ3v) is 4.12. The highest BCUT2D eigenvalue weighted by Gasteiger charge is 2.16. The molecule has 1 N–H and O–H groups in total. The Hall–Kier alpha value is -2.03. The van der Waals surface area contributed by atoms with Gasteiger partial charge < -0.3 is 10.2 Å². The monoisotopic (exact) mass is 268 g/mol. The molecule has 1 aromatic rings. The van der Waals surface area contributed by atoms with Crippen LogP contribution in [0.3, 0.4) is 0 Å². The first-order valence-electron chi connectivity index (χ1n) is 7.21. The van der Waals surface area contributed by atoms with E-state index in [2.05, 4.69) is 46.6 Å². The van der Waals surface area contributed by atoms with Crippen molar-refractivity contribution in [2.75, 3.05) is 20.1 Å². The Morgan fingerprint density at radius 1 is 1.25 bits per heavy atom. The highest BCUT2D eigenvalue weighted by molar-refractivity contribution is 5.78. The van der Waals surface area contributed by atoms with E-state index in [1.807, 2.05) is 0 Å². The molecule has 0 unspecified atom stereocenters. The molecule has 1 aliphatic carbocycles. The first-order valence-corrected chi connectivity index (χ1v) is 7.21. The van der Waals surface area contributed by atoms with E-state index in [0.29, 0.717) is 6.42 Å². The number of carbonyl (C=O) groups is 1. The minimum absolute atomic E-state index is 0.0740. The number of allylic oxidation sites excluding steroid dienone is 3. The van der Waals surface area contributed by atoms with Crippen molar-refractivity contribution in [3.8, 4) is 0 Å². The molecule has 3 nitrogen and oxygen atoms in total. The van der Waals surface area contributed by atoms with Crippen molar-refractivity contribution in [2.24, 2.45) is 0 Å². The number of likely N-dealkylation sites (N-methyl/N-ethyl adjacent to an activating group) is 1. The van der Waals surface area contributed by atoms with Gasteiger partial charge in [-0.25, -0.2) is 0 Å². The van der Waals surface area contributed by atoms with Crippen LogP contribution in [0.4, 0.5) is 0 Å². The van der Waals surface area contributed by atoms with Crippen LogP contribution < -0.4 is 5.32 Å². The molecule has 1 aromatic carbocycles. The van der Waals surface area contributed by atoms with Crippen LogP contribution in [0.2, 0.25) is 0 Å². The zero-order valence-electron chi connectivity index (χ0n) is 11.9. The summed E-state index contributed by atoms with van der Waals surface area (Å²) in [5, 5.41) is 2.68. The van der Waals surface area contributed by atoms with Crippen molar-refractivity contribution in [1.82, 2.24) is 10.2 Å². The summed E-state index contributed by atoms with van der Waals surface area (Å²) in [5.74, 6) is 0.0740. The zero-order valence-corrected chi connectivity index (χ0v) is 11.9. The van der Waals surface area contributed by atoms with Crippen molar-refractivity contribution in [3.05, 3.63) is 58.8 Å². The van der Waals surface area contributed by atoms with Gasteiger partial charge in [-0.1, -0.05) is 24.3 Å². The summed E-state index contributed by atoms with van der Waals surface area (Å²) in [6, 6.07) is 6.49. The Kier molecular flexibility index (Phi) is 3.59. The van der Waals surface area contributed by atoms with Gasteiger partial charge >= 0.3 is 0 Å². The summed E-state index contributed by atoms with van der Waals surface area (Å²) in [5.41, 5.74) is 5.29. The average Bonchev–Trinajstić information content (AvgIpc) is 2.60. The van der Waals surface area contributed by atoms with Crippen LogP contribution in [-0.4, -0.2) is 30.9 Å². The number of amides is 1. The SMILES string of the molecule is CNC(=O)Cc1ccc2c(c1)CCN(C1=CC=C1)CC2. The lowest BCUT2D eigenvalue weighted by molar-refractivity contribution is -0.119. The topological polar surface area (TPSA) is 32.3 Å². The third-order valence-electron chi connectivity index (χ3n) is 4.12. The maximum absolute atomic E-state index is 11.5. The average molecular weight is 268 g/mol. The van der Waals surface area contributed by atoms with Gasteiger partial charge in [0.05, 0.1) is 6.42 Å². The molecule has 0 atom stereocenters. The van der Waals surface area contributed by atoms with E-state index in [-0.39, 0.29) is 5.91 Å². The molecule has 0 saturated heterocycles. The highest BCUT2D eigenvalue weighted by atomic mass is 16.1. The molecule has 0 saturated carbocycles. The molecular formula is C17H20N2O. The van der Waals surface area contributed by atoms with Gasteiger partial charge in [-0.05, 0) is 41.7 Å². The molecule has 0 fully saturated rings. The first-order chi connectivity index (χ1) is 9.76. The van der Waals surface area contributed by atoms with E-state index in [4.69, 9.17) is 0 Å². The van der Waals surface area contributed by atoms with E-state index in [9.17, 15) is 4.79 Å². The molecule has 2 aliphatic rings. The Labute approximate surface area is 120 Å². The van der Waals surface area contributed by atoms with Gasteiger partial charge in [0.1, 0.15) is 0 Å². The van der Waals surface area contributed by atoms with E-state index in [1.165, 1.54) is 16.8 Å². The molecule has 0 radical (unpaired) electrons. The predicted molar refractivity (Wildman–Crippen MR) is 80.4 cm³/mol. The second kappa shape index (κ2) is 5.53. The number of rotatable bonds is 3. The summed E-state index contributed by atoms with van der Waals surface area (Å²) in [7, 11) is 1.68. The molecule has 0 aromatic heterocycles. The number of fused-ring (bicyclic) bond motifs is 1. The molecule has 104 valence electrons. The normalized spacial score (nSPS) is 16.9. The predicted octanol–water partition coefficient (Wildman–Crippen LogP) is 1.83. The molecule has 3 heteroatoms. The summed E-state index contributed by atoms with van der Waals surface area (Å²) in [6.45, 7) is 2.14. The lowest BCUT2D eigenvalue weighted by atomic mass is 9.99. The van der Waals surface area contributed by atoms with Crippen LogP contribution in [0, 0.1) is 0 Å². The molecule has 0 spiro atoms. The number of hydrogen-bond donors (Lipinski definition) is 1.